The SMILES string of the molecule is COCCC[N]([AlH2])CCCN1CCCC1. The van der Waals surface area contributed by atoms with E-state index in [4.69, 9.17) is 4.74 Å². The minimum Gasteiger partial charge on any atom is -0.390 e. The van der Waals surface area contributed by atoms with Crippen LogP contribution < -0.4 is 0 Å². The van der Waals surface area contributed by atoms with Crippen LogP contribution in [0.1, 0.15) is 25.7 Å². The van der Waals surface area contributed by atoms with Crippen LogP contribution in [0.2, 0.25) is 0 Å². The maximum atomic E-state index is 5.06. The van der Waals surface area contributed by atoms with Crippen LogP contribution in [-0.2, 0) is 4.74 Å². The highest BCUT2D eigenvalue weighted by molar-refractivity contribution is 6.04. The summed E-state index contributed by atoms with van der Waals surface area (Å²) in [4.78, 5) is 2.60. The predicted molar refractivity (Wildman–Crippen MR) is 66.9 cm³/mol. The summed E-state index contributed by atoms with van der Waals surface area (Å²) in [7, 11) is 1.78. The first-order valence-corrected chi connectivity index (χ1v) is 7.12. The van der Waals surface area contributed by atoms with Crippen molar-refractivity contribution < 1.29 is 4.74 Å². The normalized spacial score (nSPS) is 17.7. The van der Waals surface area contributed by atoms with Gasteiger partial charge in [-0.3, -0.25) is 0 Å². The van der Waals surface area contributed by atoms with Gasteiger partial charge < -0.3 is 13.5 Å². The predicted octanol–water partition coefficient (Wildman–Crippen LogP) is 0.359. The van der Waals surface area contributed by atoms with Crippen LogP contribution in [0.3, 0.4) is 0 Å². The molecule has 0 atom stereocenters. The second-order valence-electron chi connectivity index (χ2n) is 4.55. The number of rotatable bonds is 8. The lowest BCUT2D eigenvalue weighted by Crippen LogP contribution is -2.28. The van der Waals surface area contributed by atoms with Crippen LogP contribution in [0.15, 0.2) is 0 Å². The molecule has 1 aliphatic rings. The molecule has 1 heterocycles. The molecule has 0 unspecified atom stereocenters. The average molecular weight is 228 g/mol. The number of nitrogens with zero attached hydrogens (tertiary/aromatic N) is 2. The highest BCUT2D eigenvalue weighted by atomic mass is 27.1. The molecule has 0 aromatic carbocycles. The van der Waals surface area contributed by atoms with Gasteiger partial charge in [0.15, 0.2) is 0 Å². The van der Waals surface area contributed by atoms with Crippen molar-refractivity contribution >= 4 is 16.5 Å². The second-order valence-corrected chi connectivity index (χ2v) is 5.82. The fourth-order valence-electron chi connectivity index (χ4n) is 2.16. The van der Waals surface area contributed by atoms with Crippen molar-refractivity contribution in [2.75, 3.05) is 46.4 Å². The number of ether oxygens (including phenoxy) is 1. The molecule has 0 radical (unpaired) electrons. The van der Waals surface area contributed by atoms with Crippen LogP contribution in [0.25, 0.3) is 0 Å². The van der Waals surface area contributed by atoms with Gasteiger partial charge in [0, 0.05) is 13.7 Å². The van der Waals surface area contributed by atoms with Crippen LogP contribution in [0.4, 0.5) is 0 Å². The maximum Gasteiger partial charge on any atom is 0.321 e. The van der Waals surface area contributed by atoms with E-state index in [1.807, 2.05) is 0 Å². The zero-order valence-corrected chi connectivity index (χ0v) is 12.4. The third kappa shape index (κ3) is 6.55. The van der Waals surface area contributed by atoms with Crippen LogP contribution in [0, 0.1) is 0 Å². The van der Waals surface area contributed by atoms with Crippen LogP contribution >= 0.6 is 0 Å². The van der Waals surface area contributed by atoms with E-state index in [1.54, 1.807) is 7.11 Å². The molecular formula is C11H25AlN2O. The molecule has 1 saturated heterocycles. The number of hydrogen-bond donors (Lipinski definition) is 0. The summed E-state index contributed by atoms with van der Waals surface area (Å²) >= 11 is 1.19. The first-order valence-electron chi connectivity index (χ1n) is 6.23. The molecule has 0 spiro atoms. The summed E-state index contributed by atoms with van der Waals surface area (Å²) < 4.78 is 7.61. The van der Waals surface area contributed by atoms with Gasteiger partial charge in [-0.15, -0.1) is 0 Å². The third-order valence-electron chi connectivity index (χ3n) is 3.10. The van der Waals surface area contributed by atoms with E-state index in [1.165, 1.54) is 74.9 Å². The minimum absolute atomic E-state index is 0.908. The maximum absolute atomic E-state index is 5.06. The summed E-state index contributed by atoms with van der Waals surface area (Å²) in [5, 5.41) is 0. The molecule has 0 saturated carbocycles. The molecule has 1 fully saturated rings. The molecule has 15 heavy (non-hydrogen) atoms. The van der Waals surface area contributed by atoms with Crippen molar-refractivity contribution in [2.45, 2.75) is 25.7 Å². The first kappa shape index (κ1) is 13.5. The topological polar surface area (TPSA) is 15.7 Å². The molecule has 1 rings (SSSR count). The monoisotopic (exact) mass is 228 g/mol. The number of hydrogen-bond acceptors (Lipinski definition) is 3. The van der Waals surface area contributed by atoms with Gasteiger partial charge in [-0.2, -0.15) is 0 Å². The quantitative estimate of drug-likeness (QED) is 0.441. The van der Waals surface area contributed by atoms with E-state index >= 15 is 0 Å². The summed E-state index contributed by atoms with van der Waals surface area (Å²) in [6.07, 6.45) is 5.36. The molecule has 3 nitrogen and oxygen atoms in total. The molecule has 0 N–H and O–H groups in total. The van der Waals surface area contributed by atoms with Crippen molar-refractivity contribution in [3.8, 4) is 0 Å². The van der Waals surface area contributed by atoms with Crippen molar-refractivity contribution in [2.24, 2.45) is 0 Å². The molecule has 0 amide bonds. The van der Waals surface area contributed by atoms with Crippen LogP contribution in [-0.4, -0.2) is 71.7 Å². The Labute approximate surface area is 102 Å². The van der Waals surface area contributed by atoms with Gasteiger partial charge in [0.2, 0.25) is 0 Å². The Bertz CT molecular complexity index is 152. The molecule has 4 heteroatoms. The molecule has 0 aromatic heterocycles. The Morgan fingerprint density at radius 1 is 1.20 bits per heavy atom. The summed E-state index contributed by atoms with van der Waals surface area (Å²) in [5.41, 5.74) is 0. The van der Waals surface area contributed by atoms with Gasteiger partial charge >= 0.3 is 16.5 Å². The lowest BCUT2D eigenvalue weighted by atomic mass is 10.3. The lowest BCUT2D eigenvalue weighted by molar-refractivity contribution is 0.187. The Hall–Kier alpha value is 0.412. The molecule has 0 bridgehead atoms. The van der Waals surface area contributed by atoms with E-state index in [0.717, 1.165) is 6.61 Å². The lowest BCUT2D eigenvalue weighted by Gasteiger charge is -2.20. The highest BCUT2D eigenvalue weighted by Crippen LogP contribution is 2.07. The van der Waals surface area contributed by atoms with Crippen molar-refractivity contribution in [3.05, 3.63) is 0 Å². The van der Waals surface area contributed by atoms with Gasteiger partial charge in [0.05, 0.1) is 0 Å². The van der Waals surface area contributed by atoms with E-state index in [0.29, 0.717) is 0 Å². The van der Waals surface area contributed by atoms with Gasteiger partial charge in [-0.05, 0) is 58.4 Å². The molecule has 0 aliphatic carbocycles. The largest absolute Gasteiger partial charge is 0.390 e. The minimum atomic E-state index is 0.908. The fraction of sp³-hybridized carbons (Fsp3) is 1.00. The Morgan fingerprint density at radius 3 is 2.53 bits per heavy atom. The van der Waals surface area contributed by atoms with Gasteiger partial charge in [0.25, 0.3) is 0 Å². The Balaban J connectivity index is 1.89. The highest BCUT2D eigenvalue weighted by Gasteiger charge is 2.10. The summed E-state index contributed by atoms with van der Waals surface area (Å²) in [5.74, 6) is 0. The van der Waals surface area contributed by atoms with E-state index in [9.17, 15) is 0 Å². The second kappa shape index (κ2) is 8.55. The number of methoxy groups -OCH3 is 1. The number of likely N-dealkylation sites (tertiary alicyclic amines) is 1. The van der Waals surface area contributed by atoms with E-state index in [-0.39, 0.29) is 0 Å². The molecule has 88 valence electrons. The smallest absolute Gasteiger partial charge is 0.321 e. The van der Waals surface area contributed by atoms with Gasteiger partial charge in [-0.1, -0.05) is 0 Å². The first-order chi connectivity index (χ1) is 7.33. The Morgan fingerprint density at radius 2 is 1.87 bits per heavy atom. The van der Waals surface area contributed by atoms with Gasteiger partial charge in [0.1, 0.15) is 0 Å². The zero-order chi connectivity index (χ0) is 10.9. The van der Waals surface area contributed by atoms with Crippen molar-refractivity contribution in [3.63, 3.8) is 0 Å². The van der Waals surface area contributed by atoms with Crippen LogP contribution in [0.5, 0.6) is 0 Å². The third-order valence-corrected chi connectivity index (χ3v) is 4.00. The van der Waals surface area contributed by atoms with Gasteiger partial charge in [-0.25, -0.2) is 0 Å². The van der Waals surface area contributed by atoms with Crippen molar-refractivity contribution in [1.29, 1.82) is 0 Å². The van der Waals surface area contributed by atoms with E-state index in [2.05, 4.69) is 8.78 Å². The average Bonchev–Trinajstić information content (AvgIpc) is 2.71. The standard InChI is InChI=1S/C11H23N2O.Al.2H/c1-14-11-5-7-12-6-4-10-13-8-2-3-9-13;;;/h2-11H2,1H3;;;/q-1;+1;;. The Kier molecular flexibility index (Phi) is 7.68. The zero-order valence-electron chi connectivity index (χ0n) is 10.4. The van der Waals surface area contributed by atoms with E-state index < -0.39 is 0 Å². The molecule has 1 aliphatic heterocycles. The fourth-order valence-corrected chi connectivity index (χ4v) is 2.79. The summed E-state index contributed by atoms with van der Waals surface area (Å²) in [6, 6.07) is 0. The van der Waals surface area contributed by atoms with Crippen molar-refractivity contribution in [1.82, 2.24) is 8.78 Å². The molecular weight excluding hydrogens is 203 g/mol. The summed E-state index contributed by atoms with van der Waals surface area (Å²) in [6.45, 7) is 7.40. The molecule has 0 aromatic rings.